The summed E-state index contributed by atoms with van der Waals surface area (Å²) in [4.78, 5) is 18.1. The van der Waals surface area contributed by atoms with Crippen molar-refractivity contribution in [2.75, 3.05) is 0 Å². The van der Waals surface area contributed by atoms with Crippen LogP contribution in [0, 0.1) is 0 Å². The third-order valence-electron chi connectivity index (χ3n) is 4.04. The van der Waals surface area contributed by atoms with Gasteiger partial charge >= 0.3 is 5.97 Å². The van der Waals surface area contributed by atoms with Crippen LogP contribution in [-0.2, 0) is 4.74 Å². The first kappa shape index (κ1) is 18.9. The molecule has 2 aromatic heterocycles. The number of carbonyl (C=O) groups excluding carboxylic acids is 1. The van der Waals surface area contributed by atoms with Crippen LogP contribution < -0.4 is 0 Å². The summed E-state index contributed by atoms with van der Waals surface area (Å²) in [5.74, 6) is 0.118. The summed E-state index contributed by atoms with van der Waals surface area (Å²) in [5.41, 5.74) is 1.19. The molecule has 0 radical (unpaired) electrons. The Balaban J connectivity index is 1.49. The molecule has 4 rings (SSSR count). The van der Waals surface area contributed by atoms with Crippen LogP contribution in [-0.4, -0.2) is 21.2 Å². The molecule has 0 saturated carbocycles. The summed E-state index contributed by atoms with van der Waals surface area (Å²) >= 11 is 1.40. The van der Waals surface area contributed by atoms with Crippen molar-refractivity contribution in [1.82, 2.24) is 15.2 Å². The number of carbonyl (C=O) groups is 1. The Hall–Kier alpha value is -3.45. The van der Waals surface area contributed by atoms with Crippen molar-refractivity contribution in [3.8, 4) is 11.5 Å². The average molecular weight is 403 g/mol. The summed E-state index contributed by atoms with van der Waals surface area (Å²) in [6.07, 6.45) is 0.956. The fraction of sp³-hybridized carbons (Fsp3) is 0.0909. The van der Waals surface area contributed by atoms with Gasteiger partial charge in [-0.2, -0.15) is 0 Å². The van der Waals surface area contributed by atoms with Crippen LogP contribution >= 0.6 is 11.8 Å². The Bertz CT molecular complexity index is 1100. The van der Waals surface area contributed by atoms with Crippen molar-refractivity contribution in [3.63, 3.8) is 0 Å². The lowest BCUT2D eigenvalue weighted by molar-refractivity contribution is 0.0275. The standard InChI is InChI=1S/C22H17N3O3S/c1-15(19-24-25-20(28-19)16-9-4-2-5-10-16)27-22(26)18-13-8-14-23-21(18)29-17-11-6-3-7-12-17/h2-15H,1H3. The molecule has 0 N–H and O–H groups in total. The number of hydrogen-bond acceptors (Lipinski definition) is 7. The zero-order chi connectivity index (χ0) is 20.1. The molecular formula is C22H17N3O3S. The number of nitrogens with zero attached hydrogens (tertiary/aromatic N) is 3. The molecule has 0 fully saturated rings. The molecule has 1 atom stereocenters. The third kappa shape index (κ3) is 4.52. The predicted octanol–water partition coefficient (Wildman–Crippen LogP) is 5.20. The van der Waals surface area contributed by atoms with Crippen molar-refractivity contribution < 1.29 is 13.9 Å². The molecule has 6 nitrogen and oxygen atoms in total. The molecule has 1 unspecified atom stereocenters. The SMILES string of the molecule is CC(OC(=O)c1cccnc1Sc1ccccc1)c1nnc(-c2ccccc2)o1. The minimum absolute atomic E-state index is 0.235. The van der Waals surface area contributed by atoms with E-state index in [1.54, 1.807) is 25.3 Å². The Labute approximate surface area is 172 Å². The van der Waals surface area contributed by atoms with Crippen molar-refractivity contribution in [3.05, 3.63) is 90.4 Å². The molecule has 0 aliphatic heterocycles. The molecule has 29 heavy (non-hydrogen) atoms. The Morgan fingerprint density at radius 3 is 2.45 bits per heavy atom. The quantitative estimate of drug-likeness (QED) is 0.409. The van der Waals surface area contributed by atoms with E-state index in [0.717, 1.165) is 10.5 Å². The van der Waals surface area contributed by atoms with Crippen LogP contribution in [0.25, 0.3) is 11.5 Å². The first-order chi connectivity index (χ1) is 14.2. The molecule has 2 heterocycles. The smallest absolute Gasteiger partial charge is 0.341 e. The van der Waals surface area contributed by atoms with Gasteiger partial charge in [-0.1, -0.05) is 48.2 Å². The largest absolute Gasteiger partial charge is 0.449 e. The Morgan fingerprint density at radius 1 is 0.966 bits per heavy atom. The molecule has 0 aliphatic carbocycles. The van der Waals surface area contributed by atoms with Gasteiger partial charge in [0.1, 0.15) is 5.03 Å². The van der Waals surface area contributed by atoms with Gasteiger partial charge < -0.3 is 9.15 Å². The van der Waals surface area contributed by atoms with Gasteiger partial charge in [-0.3, -0.25) is 0 Å². The van der Waals surface area contributed by atoms with Gasteiger partial charge in [0, 0.05) is 16.7 Å². The van der Waals surface area contributed by atoms with Crippen LogP contribution in [0.4, 0.5) is 0 Å². The summed E-state index contributed by atoms with van der Waals surface area (Å²) in [7, 11) is 0. The van der Waals surface area contributed by atoms with Crippen molar-refractivity contribution in [1.29, 1.82) is 0 Å². The molecule has 0 aliphatic rings. The molecule has 0 amide bonds. The average Bonchev–Trinajstić information content (AvgIpc) is 3.26. The van der Waals surface area contributed by atoms with Crippen LogP contribution in [0.5, 0.6) is 0 Å². The second kappa shape index (κ2) is 8.70. The zero-order valence-electron chi connectivity index (χ0n) is 15.6. The highest BCUT2D eigenvalue weighted by molar-refractivity contribution is 7.99. The third-order valence-corrected chi connectivity index (χ3v) is 5.07. The lowest BCUT2D eigenvalue weighted by Crippen LogP contribution is -2.11. The van der Waals surface area contributed by atoms with Gasteiger partial charge in [-0.15, -0.1) is 10.2 Å². The van der Waals surface area contributed by atoms with E-state index < -0.39 is 12.1 Å². The van der Waals surface area contributed by atoms with Gasteiger partial charge in [0.25, 0.3) is 5.89 Å². The fourth-order valence-corrected chi connectivity index (χ4v) is 3.49. The second-order valence-electron chi connectivity index (χ2n) is 6.13. The van der Waals surface area contributed by atoms with E-state index in [0.29, 0.717) is 16.5 Å². The Kier molecular flexibility index (Phi) is 5.67. The highest BCUT2D eigenvalue weighted by atomic mass is 32.2. The van der Waals surface area contributed by atoms with Gasteiger partial charge in [0.15, 0.2) is 6.10 Å². The van der Waals surface area contributed by atoms with Crippen molar-refractivity contribution in [2.45, 2.75) is 22.9 Å². The molecule has 0 saturated heterocycles. The molecule has 2 aromatic carbocycles. The highest BCUT2D eigenvalue weighted by Gasteiger charge is 2.22. The second-order valence-corrected chi connectivity index (χ2v) is 7.19. The minimum atomic E-state index is -0.692. The van der Waals surface area contributed by atoms with Crippen LogP contribution in [0.2, 0.25) is 0 Å². The number of pyridine rings is 1. The van der Waals surface area contributed by atoms with Crippen molar-refractivity contribution >= 4 is 17.7 Å². The lowest BCUT2D eigenvalue weighted by atomic mass is 10.2. The molecular weight excluding hydrogens is 386 g/mol. The number of hydrogen-bond donors (Lipinski definition) is 0. The highest BCUT2D eigenvalue weighted by Crippen LogP contribution is 2.30. The van der Waals surface area contributed by atoms with E-state index in [1.165, 1.54) is 11.8 Å². The lowest BCUT2D eigenvalue weighted by Gasteiger charge is -2.11. The monoisotopic (exact) mass is 403 g/mol. The number of aromatic nitrogens is 3. The van der Waals surface area contributed by atoms with E-state index in [1.807, 2.05) is 60.7 Å². The predicted molar refractivity (Wildman–Crippen MR) is 108 cm³/mol. The number of ether oxygens (including phenoxy) is 1. The summed E-state index contributed by atoms with van der Waals surface area (Å²) < 4.78 is 11.2. The number of benzene rings is 2. The molecule has 4 aromatic rings. The summed E-state index contributed by atoms with van der Waals surface area (Å²) in [6, 6.07) is 22.5. The van der Waals surface area contributed by atoms with Crippen LogP contribution in [0.3, 0.4) is 0 Å². The molecule has 7 heteroatoms. The normalized spacial score (nSPS) is 11.8. The fourth-order valence-electron chi connectivity index (χ4n) is 2.60. The van der Waals surface area contributed by atoms with E-state index in [-0.39, 0.29) is 5.89 Å². The first-order valence-electron chi connectivity index (χ1n) is 8.98. The van der Waals surface area contributed by atoms with Crippen LogP contribution in [0.15, 0.2) is 93.3 Å². The molecule has 0 bridgehead atoms. The number of esters is 1. The van der Waals surface area contributed by atoms with E-state index in [4.69, 9.17) is 9.15 Å². The summed E-state index contributed by atoms with van der Waals surface area (Å²) in [6.45, 7) is 1.70. The molecule has 144 valence electrons. The maximum Gasteiger partial charge on any atom is 0.341 e. The van der Waals surface area contributed by atoms with Crippen molar-refractivity contribution in [2.24, 2.45) is 0 Å². The van der Waals surface area contributed by atoms with Gasteiger partial charge in [0.05, 0.1) is 5.56 Å². The van der Waals surface area contributed by atoms with E-state index in [9.17, 15) is 4.79 Å². The minimum Gasteiger partial charge on any atom is -0.449 e. The zero-order valence-corrected chi connectivity index (χ0v) is 16.4. The summed E-state index contributed by atoms with van der Waals surface area (Å²) in [5, 5.41) is 8.63. The van der Waals surface area contributed by atoms with Crippen LogP contribution in [0.1, 0.15) is 29.3 Å². The maximum absolute atomic E-state index is 12.8. The van der Waals surface area contributed by atoms with E-state index >= 15 is 0 Å². The van der Waals surface area contributed by atoms with Gasteiger partial charge in [-0.25, -0.2) is 9.78 Å². The maximum atomic E-state index is 12.8. The van der Waals surface area contributed by atoms with E-state index in [2.05, 4.69) is 15.2 Å². The van der Waals surface area contributed by atoms with Gasteiger partial charge in [0.2, 0.25) is 5.89 Å². The Morgan fingerprint density at radius 2 is 1.69 bits per heavy atom. The van der Waals surface area contributed by atoms with Gasteiger partial charge in [-0.05, 0) is 43.3 Å². The first-order valence-corrected chi connectivity index (χ1v) is 9.80. The number of rotatable bonds is 6. The topological polar surface area (TPSA) is 78.1 Å². The molecule has 0 spiro atoms.